The maximum Gasteiger partial charge on any atom is 0.390 e. The molecule has 66 valence electrons. The first-order valence-electron chi connectivity index (χ1n) is 3.34. The molecule has 1 unspecified atom stereocenters. The van der Waals surface area contributed by atoms with Crippen molar-refractivity contribution in [3.63, 3.8) is 0 Å². The Hall–Kier alpha value is -0.510. The van der Waals surface area contributed by atoms with Gasteiger partial charge in [-0.25, -0.2) is 0 Å². The molecule has 1 N–H and O–H groups in total. The molecule has 0 aliphatic heterocycles. The van der Waals surface area contributed by atoms with Crippen LogP contribution in [0, 0.1) is 0 Å². The van der Waals surface area contributed by atoms with E-state index < -0.39 is 18.6 Å². The smallest absolute Gasteiger partial charge is 0.316 e. The van der Waals surface area contributed by atoms with Crippen molar-refractivity contribution in [2.24, 2.45) is 0 Å². The summed E-state index contributed by atoms with van der Waals surface area (Å²) in [4.78, 5) is 0. The van der Waals surface area contributed by atoms with Gasteiger partial charge in [-0.15, -0.1) is 6.58 Å². The van der Waals surface area contributed by atoms with Crippen LogP contribution in [0.4, 0.5) is 13.2 Å². The third-order valence-corrected chi connectivity index (χ3v) is 1.34. The first-order valence-corrected chi connectivity index (χ1v) is 3.34. The summed E-state index contributed by atoms with van der Waals surface area (Å²) in [5.74, 6) is 0. The van der Waals surface area contributed by atoms with Crippen molar-refractivity contribution in [1.82, 2.24) is 5.32 Å². The van der Waals surface area contributed by atoms with E-state index in [1.165, 1.54) is 13.1 Å². The molecule has 0 aromatic rings. The Kier molecular flexibility index (Phi) is 4.18. The lowest BCUT2D eigenvalue weighted by molar-refractivity contribution is -0.139. The molecule has 0 aromatic carbocycles. The van der Waals surface area contributed by atoms with Gasteiger partial charge in [0.15, 0.2) is 0 Å². The highest BCUT2D eigenvalue weighted by molar-refractivity contribution is 4.78. The number of halogens is 3. The maximum atomic E-state index is 11.7. The summed E-state index contributed by atoms with van der Waals surface area (Å²) in [7, 11) is 1.51. The quantitative estimate of drug-likeness (QED) is 0.632. The summed E-state index contributed by atoms with van der Waals surface area (Å²) in [6, 6.07) is -0.535. The van der Waals surface area contributed by atoms with Gasteiger partial charge in [-0.3, -0.25) is 0 Å². The summed E-state index contributed by atoms with van der Waals surface area (Å²) in [5, 5.41) is 2.57. The molecule has 0 fully saturated rings. The van der Waals surface area contributed by atoms with Gasteiger partial charge in [-0.05, 0) is 13.5 Å². The van der Waals surface area contributed by atoms with Gasteiger partial charge in [0.25, 0.3) is 0 Å². The minimum Gasteiger partial charge on any atom is -0.316 e. The largest absolute Gasteiger partial charge is 0.390 e. The van der Waals surface area contributed by atoms with E-state index in [-0.39, 0.29) is 0 Å². The van der Waals surface area contributed by atoms with E-state index >= 15 is 0 Å². The summed E-state index contributed by atoms with van der Waals surface area (Å²) >= 11 is 0. The first kappa shape index (κ1) is 10.5. The van der Waals surface area contributed by atoms with E-state index in [2.05, 4.69) is 11.9 Å². The number of nitrogens with one attached hydrogen (secondary N) is 1. The molecule has 0 aromatic heterocycles. The lowest BCUT2D eigenvalue weighted by Crippen LogP contribution is -2.30. The highest BCUT2D eigenvalue weighted by atomic mass is 19.4. The lowest BCUT2D eigenvalue weighted by atomic mass is 10.1. The van der Waals surface area contributed by atoms with Gasteiger partial charge in [0.1, 0.15) is 0 Å². The third-order valence-electron chi connectivity index (χ3n) is 1.34. The Morgan fingerprint density at radius 1 is 1.55 bits per heavy atom. The SMILES string of the molecule is C=CCC(CC(F)(F)F)NC. The minimum absolute atomic E-state index is 0.343. The minimum atomic E-state index is -4.09. The second-order valence-electron chi connectivity index (χ2n) is 2.33. The van der Waals surface area contributed by atoms with Crippen molar-refractivity contribution < 1.29 is 13.2 Å². The summed E-state index contributed by atoms with van der Waals surface area (Å²) < 4.78 is 35.2. The van der Waals surface area contributed by atoms with E-state index in [9.17, 15) is 13.2 Å². The molecule has 0 heterocycles. The van der Waals surface area contributed by atoms with Crippen LogP contribution in [-0.4, -0.2) is 19.3 Å². The van der Waals surface area contributed by atoms with Crippen LogP contribution < -0.4 is 5.32 Å². The highest BCUT2D eigenvalue weighted by Gasteiger charge is 2.30. The zero-order chi connectivity index (χ0) is 8.91. The van der Waals surface area contributed by atoms with E-state index in [1.807, 2.05) is 0 Å². The Morgan fingerprint density at radius 2 is 2.09 bits per heavy atom. The van der Waals surface area contributed by atoms with Crippen molar-refractivity contribution in [3.05, 3.63) is 12.7 Å². The average molecular weight is 167 g/mol. The van der Waals surface area contributed by atoms with E-state index in [0.717, 1.165) is 0 Å². The Labute approximate surface area is 64.3 Å². The van der Waals surface area contributed by atoms with Crippen LogP contribution in [0.1, 0.15) is 12.8 Å². The zero-order valence-corrected chi connectivity index (χ0v) is 6.41. The summed E-state index contributed by atoms with van der Waals surface area (Å²) in [6.45, 7) is 3.37. The van der Waals surface area contributed by atoms with Gasteiger partial charge in [0.05, 0.1) is 6.42 Å². The van der Waals surface area contributed by atoms with Crippen molar-refractivity contribution in [2.45, 2.75) is 25.1 Å². The first-order chi connectivity index (χ1) is 4.99. The molecule has 4 heteroatoms. The summed E-state index contributed by atoms with van der Waals surface area (Å²) in [5.41, 5.74) is 0. The molecule has 0 aliphatic rings. The van der Waals surface area contributed by atoms with Crippen LogP contribution in [0.2, 0.25) is 0 Å². The second kappa shape index (κ2) is 4.38. The van der Waals surface area contributed by atoms with Gasteiger partial charge < -0.3 is 5.32 Å². The molecular formula is C7H12F3N. The Morgan fingerprint density at radius 3 is 2.36 bits per heavy atom. The van der Waals surface area contributed by atoms with Gasteiger partial charge in [0, 0.05) is 6.04 Å². The molecule has 0 saturated carbocycles. The average Bonchev–Trinajstić information content (AvgIpc) is 1.84. The molecule has 0 aliphatic carbocycles. The fourth-order valence-corrected chi connectivity index (χ4v) is 0.784. The van der Waals surface area contributed by atoms with Crippen molar-refractivity contribution in [1.29, 1.82) is 0 Å². The molecule has 0 bridgehead atoms. The van der Waals surface area contributed by atoms with E-state index in [4.69, 9.17) is 0 Å². The molecule has 0 rings (SSSR count). The molecular weight excluding hydrogens is 155 g/mol. The molecule has 1 atom stereocenters. The van der Waals surface area contributed by atoms with Gasteiger partial charge in [-0.2, -0.15) is 13.2 Å². The molecule has 0 radical (unpaired) electrons. The van der Waals surface area contributed by atoms with Gasteiger partial charge in [-0.1, -0.05) is 6.08 Å². The van der Waals surface area contributed by atoms with Crippen LogP contribution in [0.25, 0.3) is 0 Å². The lowest BCUT2D eigenvalue weighted by Gasteiger charge is -2.15. The third kappa shape index (κ3) is 5.91. The normalized spacial score (nSPS) is 14.5. The predicted octanol–water partition coefficient (Wildman–Crippen LogP) is 2.10. The van der Waals surface area contributed by atoms with Crippen molar-refractivity contribution in [3.8, 4) is 0 Å². The Balaban J connectivity index is 3.77. The molecule has 1 nitrogen and oxygen atoms in total. The molecule has 0 saturated heterocycles. The maximum absolute atomic E-state index is 11.7. The number of hydrogen-bond donors (Lipinski definition) is 1. The van der Waals surface area contributed by atoms with Crippen LogP contribution >= 0.6 is 0 Å². The second-order valence-corrected chi connectivity index (χ2v) is 2.33. The predicted molar refractivity (Wildman–Crippen MR) is 38.3 cm³/mol. The number of hydrogen-bond acceptors (Lipinski definition) is 1. The fraction of sp³-hybridized carbons (Fsp3) is 0.714. The van der Waals surface area contributed by atoms with Crippen LogP contribution in [0.5, 0.6) is 0 Å². The molecule has 0 amide bonds. The van der Waals surface area contributed by atoms with E-state index in [1.54, 1.807) is 0 Å². The van der Waals surface area contributed by atoms with Crippen molar-refractivity contribution >= 4 is 0 Å². The summed E-state index contributed by atoms with van der Waals surface area (Å²) in [6.07, 6.45) is -3.06. The Bertz CT molecular complexity index is 119. The fourth-order valence-electron chi connectivity index (χ4n) is 0.784. The topological polar surface area (TPSA) is 12.0 Å². The zero-order valence-electron chi connectivity index (χ0n) is 6.41. The van der Waals surface area contributed by atoms with Gasteiger partial charge >= 0.3 is 6.18 Å². The number of rotatable bonds is 4. The monoisotopic (exact) mass is 167 g/mol. The van der Waals surface area contributed by atoms with Crippen LogP contribution in [-0.2, 0) is 0 Å². The molecule has 11 heavy (non-hydrogen) atoms. The highest BCUT2D eigenvalue weighted by Crippen LogP contribution is 2.22. The van der Waals surface area contributed by atoms with Crippen LogP contribution in [0.15, 0.2) is 12.7 Å². The van der Waals surface area contributed by atoms with Crippen molar-refractivity contribution in [2.75, 3.05) is 7.05 Å². The number of alkyl halides is 3. The van der Waals surface area contributed by atoms with Gasteiger partial charge in [0.2, 0.25) is 0 Å². The molecule has 0 spiro atoms. The van der Waals surface area contributed by atoms with E-state index in [0.29, 0.717) is 6.42 Å². The van der Waals surface area contributed by atoms with Crippen LogP contribution in [0.3, 0.4) is 0 Å². The standard InChI is InChI=1S/C7H12F3N/c1-3-4-6(11-2)5-7(8,9)10/h3,6,11H,1,4-5H2,2H3.